The van der Waals surface area contributed by atoms with Crippen LogP contribution < -0.4 is 15.5 Å². The van der Waals surface area contributed by atoms with Crippen molar-refractivity contribution in [2.75, 3.05) is 16.8 Å². The van der Waals surface area contributed by atoms with Crippen molar-refractivity contribution in [1.82, 2.24) is 15.3 Å². The second kappa shape index (κ2) is 7.00. The van der Waals surface area contributed by atoms with E-state index in [0.717, 1.165) is 38.4 Å². The summed E-state index contributed by atoms with van der Waals surface area (Å²) in [5, 5.41) is 7.02. The van der Waals surface area contributed by atoms with Crippen LogP contribution in [0.2, 0.25) is 0 Å². The van der Waals surface area contributed by atoms with Crippen molar-refractivity contribution in [2.45, 2.75) is 32.1 Å². The highest BCUT2D eigenvalue weighted by molar-refractivity contribution is 5.49. The fourth-order valence-electron chi connectivity index (χ4n) is 3.99. The van der Waals surface area contributed by atoms with Crippen LogP contribution in [0.25, 0.3) is 0 Å². The lowest BCUT2D eigenvalue weighted by atomic mass is 9.96. The van der Waals surface area contributed by atoms with Gasteiger partial charge in [0, 0.05) is 38.4 Å². The number of benzene rings is 2. The molecule has 2 aliphatic heterocycles. The standard InChI is InChI=1S/C22H23N5/c1-2-6-17-12-24-20(11-16(17)5-1)13-25-22-23-10-9-21(26-22)27-14-18-7-3-4-8-19(18)15-27/h1-10,20,24H,11-15H2,(H,23,25,26). The van der Waals surface area contributed by atoms with Crippen LogP contribution in [0.1, 0.15) is 22.3 Å². The van der Waals surface area contributed by atoms with Gasteiger partial charge in [0.15, 0.2) is 0 Å². The smallest absolute Gasteiger partial charge is 0.224 e. The molecule has 0 aliphatic carbocycles. The Kier molecular flexibility index (Phi) is 4.22. The summed E-state index contributed by atoms with van der Waals surface area (Å²) >= 11 is 0. The van der Waals surface area contributed by atoms with Crippen LogP contribution in [0.3, 0.4) is 0 Å². The molecule has 2 N–H and O–H groups in total. The Hall–Kier alpha value is -2.92. The molecule has 5 heteroatoms. The number of anilines is 2. The Morgan fingerprint density at radius 2 is 1.63 bits per heavy atom. The molecule has 5 nitrogen and oxygen atoms in total. The van der Waals surface area contributed by atoms with Crippen molar-refractivity contribution in [2.24, 2.45) is 0 Å². The maximum absolute atomic E-state index is 4.74. The van der Waals surface area contributed by atoms with Gasteiger partial charge in [0.1, 0.15) is 5.82 Å². The summed E-state index contributed by atoms with van der Waals surface area (Å²) in [6.07, 6.45) is 2.88. The van der Waals surface area contributed by atoms with Crippen LogP contribution in [0.15, 0.2) is 60.8 Å². The number of nitrogens with one attached hydrogen (secondary N) is 2. The van der Waals surface area contributed by atoms with E-state index in [2.05, 4.69) is 69.0 Å². The topological polar surface area (TPSA) is 53.1 Å². The third-order valence-electron chi connectivity index (χ3n) is 5.48. The molecule has 0 saturated heterocycles. The molecule has 2 aliphatic rings. The molecule has 1 unspecified atom stereocenters. The minimum Gasteiger partial charge on any atom is -0.353 e. The van der Waals surface area contributed by atoms with Crippen LogP contribution in [0.4, 0.5) is 11.8 Å². The lowest BCUT2D eigenvalue weighted by Crippen LogP contribution is -2.40. The number of fused-ring (bicyclic) bond motifs is 2. The lowest BCUT2D eigenvalue weighted by molar-refractivity contribution is 0.496. The first-order valence-electron chi connectivity index (χ1n) is 9.54. The van der Waals surface area contributed by atoms with Crippen molar-refractivity contribution in [3.63, 3.8) is 0 Å². The van der Waals surface area contributed by atoms with Gasteiger partial charge in [-0.3, -0.25) is 0 Å². The van der Waals surface area contributed by atoms with Gasteiger partial charge in [-0.15, -0.1) is 0 Å². The first kappa shape index (κ1) is 16.3. The number of nitrogens with zero attached hydrogens (tertiary/aromatic N) is 3. The van der Waals surface area contributed by atoms with Gasteiger partial charge in [0.2, 0.25) is 5.95 Å². The van der Waals surface area contributed by atoms with E-state index >= 15 is 0 Å². The highest BCUT2D eigenvalue weighted by Crippen LogP contribution is 2.27. The molecule has 0 bridgehead atoms. The van der Waals surface area contributed by atoms with E-state index in [9.17, 15) is 0 Å². The van der Waals surface area contributed by atoms with E-state index in [1.54, 1.807) is 0 Å². The predicted molar refractivity (Wildman–Crippen MR) is 108 cm³/mol. The Morgan fingerprint density at radius 1 is 0.926 bits per heavy atom. The molecule has 0 saturated carbocycles. The third kappa shape index (κ3) is 3.38. The maximum atomic E-state index is 4.74. The van der Waals surface area contributed by atoms with E-state index < -0.39 is 0 Å². The monoisotopic (exact) mass is 357 g/mol. The second-order valence-corrected chi connectivity index (χ2v) is 7.29. The zero-order chi connectivity index (χ0) is 18.1. The van der Waals surface area contributed by atoms with Crippen LogP contribution in [0, 0.1) is 0 Å². The van der Waals surface area contributed by atoms with Gasteiger partial charge in [-0.1, -0.05) is 48.5 Å². The summed E-state index contributed by atoms with van der Waals surface area (Å²) in [5.74, 6) is 1.68. The SMILES string of the molecule is c1ccc2c(c1)CNC(CNc1nccc(N3Cc4ccccc4C3)n1)C2. The molecular formula is C22H23N5. The summed E-state index contributed by atoms with van der Waals surface area (Å²) in [5.41, 5.74) is 5.61. The summed E-state index contributed by atoms with van der Waals surface area (Å²) in [7, 11) is 0. The van der Waals surface area contributed by atoms with E-state index in [-0.39, 0.29) is 0 Å². The fraction of sp³-hybridized carbons (Fsp3) is 0.273. The molecule has 0 radical (unpaired) electrons. The molecule has 27 heavy (non-hydrogen) atoms. The summed E-state index contributed by atoms with van der Waals surface area (Å²) in [6.45, 7) is 3.56. The molecule has 1 aromatic heterocycles. The van der Waals surface area contributed by atoms with Crippen LogP contribution >= 0.6 is 0 Å². The highest BCUT2D eigenvalue weighted by atomic mass is 15.2. The average molecular weight is 357 g/mol. The Labute approximate surface area is 159 Å². The number of hydrogen-bond donors (Lipinski definition) is 2. The molecule has 3 aromatic rings. The van der Waals surface area contributed by atoms with E-state index in [1.807, 2.05) is 12.3 Å². The maximum Gasteiger partial charge on any atom is 0.224 e. The highest BCUT2D eigenvalue weighted by Gasteiger charge is 2.20. The third-order valence-corrected chi connectivity index (χ3v) is 5.48. The van der Waals surface area contributed by atoms with Crippen LogP contribution in [0.5, 0.6) is 0 Å². The number of rotatable bonds is 4. The van der Waals surface area contributed by atoms with E-state index in [1.165, 1.54) is 22.3 Å². The van der Waals surface area contributed by atoms with E-state index in [0.29, 0.717) is 12.0 Å². The predicted octanol–water partition coefficient (Wildman–Crippen LogP) is 3.12. The number of hydrogen-bond acceptors (Lipinski definition) is 5. The summed E-state index contributed by atoms with van der Waals surface area (Å²) < 4.78 is 0. The second-order valence-electron chi connectivity index (χ2n) is 7.29. The van der Waals surface area contributed by atoms with E-state index in [4.69, 9.17) is 4.98 Å². The van der Waals surface area contributed by atoms with Crippen molar-refractivity contribution in [1.29, 1.82) is 0 Å². The van der Waals surface area contributed by atoms with Crippen molar-refractivity contribution in [3.8, 4) is 0 Å². The number of aromatic nitrogens is 2. The van der Waals surface area contributed by atoms with Gasteiger partial charge in [-0.25, -0.2) is 4.98 Å². The minimum atomic E-state index is 0.392. The van der Waals surface area contributed by atoms with Crippen molar-refractivity contribution >= 4 is 11.8 Å². The average Bonchev–Trinajstić information content (AvgIpc) is 3.17. The van der Waals surface area contributed by atoms with Gasteiger partial charge in [-0.2, -0.15) is 4.98 Å². The quantitative estimate of drug-likeness (QED) is 0.751. The van der Waals surface area contributed by atoms with Crippen molar-refractivity contribution in [3.05, 3.63) is 83.0 Å². The Bertz CT molecular complexity index is 930. The summed E-state index contributed by atoms with van der Waals surface area (Å²) in [4.78, 5) is 11.5. The zero-order valence-electron chi connectivity index (χ0n) is 15.2. The lowest BCUT2D eigenvalue weighted by Gasteiger charge is -2.26. The largest absolute Gasteiger partial charge is 0.353 e. The van der Waals surface area contributed by atoms with Gasteiger partial charge in [-0.05, 0) is 34.7 Å². The summed E-state index contributed by atoms with van der Waals surface area (Å²) in [6, 6.07) is 19.6. The molecule has 1 atom stereocenters. The molecule has 136 valence electrons. The van der Waals surface area contributed by atoms with Crippen molar-refractivity contribution < 1.29 is 0 Å². The zero-order valence-corrected chi connectivity index (χ0v) is 15.2. The van der Waals surface area contributed by atoms with Gasteiger partial charge < -0.3 is 15.5 Å². The first-order chi connectivity index (χ1) is 13.3. The van der Waals surface area contributed by atoms with Crippen LogP contribution in [-0.4, -0.2) is 22.6 Å². The Morgan fingerprint density at radius 3 is 2.41 bits per heavy atom. The van der Waals surface area contributed by atoms with Gasteiger partial charge >= 0.3 is 0 Å². The molecule has 0 fully saturated rings. The first-order valence-corrected chi connectivity index (χ1v) is 9.54. The molecule has 2 aromatic carbocycles. The van der Waals surface area contributed by atoms with Gasteiger partial charge in [0.25, 0.3) is 0 Å². The van der Waals surface area contributed by atoms with Crippen LogP contribution in [-0.2, 0) is 26.1 Å². The molecular weight excluding hydrogens is 334 g/mol. The molecule has 0 spiro atoms. The fourth-order valence-corrected chi connectivity index (χ4v) is 3.99. The molecule has 0 amide bonds. The normalized spacial score (nSPS) is 18.1. The van der Waals surface area contributed by atoms with Gasteiger partial charge in [0.05, 0.1) is 0 Å². The minimum absolute atomic E-state index is 0.392. The molecule has 3 heterocycles. The Balaban J connectivity index is 1.23. The molecule has 5 rings (SSSR count).